The van der Waals surface area contributed by atoms with Gasteiger partial charge in [0.2, 0.25) is 5.91 Å². The van der Waals surface area contributed by atoms with E-state index in [1.165, 1.54) is 35.4 Å². The standard InChI is InChI=1S/C28H39N3O3/c1-18-7-5-9-23-20(3)31(29-27(18)23)17-26(32)30-14-11-24(21-12-15-34-16-13-21)28(30)22-8-6-10-25(33-4)19(22)2/h6,8,10,18,21,24,28H,5,7,9,11-17H2,1-4H3/t18-,24-,28+/m0/s1. The van der Waals surface area contributed by atoms with Crippen LogP contribution in [0.1, 0.15) is 79.1 Å². The minimum atomic E-state index is 0.0788. The van der Waals surface area contributed by atoms with Crippen molar-refractivity contribution in [1.82, 2.24) is 14.7 Å². The van der Waals surface area contributed by atoms with Crippen molar-refractivity contribution >= 4 is 5.91 Å². The number of methoxy groups -OCH3 is 1. The number of rotatable bonds is 5. The van der Waals surface area contributed by atoms with Gasteiger partial charge < -0.3 is 14.4 Å². The van der Waals surface area contributed by atoms with Gasteiger partial charge in [0, 0.05) is 31.4 Å². The number of carbonyl (C=O) groups is 1. The first-order valence-electron chi connectivity index (χ1n) is 13.1. The number of benzene rings is 1. The first kappa shape index (κ1) is 23.4. The number of fused-ring (bicyclic) bond motifs is 1. The summed E-state index contributed by atoms with van der Waals surface area (Å²) in [5, 5.41) is 4.93. The van der Waals surface area contributed by atoms with Crippen molar-refractivity contribution < 1.29 is 14.3 Å². The Balaban J connectivity index is 1.45. The van der Waals surface area contributed by atoms with Crippen LogP contribution in [0.4, 0.5) is 0 Å². The summed E-state index contributed by atoms with van der Waals surface area (Å²) in [5.74, 6) is 2.59. The van der Waals surface area contributed by atoms with Gasteiger partial charge in [-0.3, -0.25) is 9.48 Å². The van der Waals surface area contributed by atoms with Crippen LogP contribution in [0, 0.1) is 25.7 Å². The van der Waals surface area contributed by atoms with Crippen molar-refractivity contribution in [1.29, 1.82) is 0 Å². The first-order valence-corrected chi connectivity index (χ1v) is 13.1. The normalized spacial score (nSPS) is 25.4. The molecule has 1 aliphatic carbocycles. The third kappa shape index (κ3) is 4.15. The number of aromatic nitrogens is 2. The molecule has 5 rings (SSSR count). The van der Waals surface area contributed by atoms with Crippen LogP contribution in [0.25, 0.3) is 0 Å². The molecular weight excluding hydrogens is 426 g/mol. The molecule has 3 heterocycles. The van der Waals surface area contributed by atoms with Gasteiger partial charge in [-0.15, -0.1) is 0 Å². The maximum absolute atomic E-state index is 13.8. The summed E-state index contributed by atoms with van der Waals surface area (Å²) in [5.41, 5.74) is 6.12. The smallest absolute Gasteiger partial charge is 0.244 e. The zero-order valence-electron chi connectivity index (χ0n) is 21.2. The summed E-state index contributed by atoms with van der Waals surface area (Å²) >= 11 is 0. The molecular formula is C28H39N3O3. The predicted octanol–water partition coefficient (Wildman–Crippen LogP) is 4.96. The highest BCUT2D eigenvalue weighted by Crippen LogP contribution is 2.46. The van der Waals surface area contributed by atoms with E-state index in [0.29, 0.717) is 24.3 Å². The molecule has 0 unspecified atom stereocenters. The molecule has 1 aromatic carbocycles. The molecule has 6 heteroatoms. The van der Waals surface area contributed by atoms with Crippen molar-refractivity contribution in [3.63, 3.8) is 0 Å². The fourth-order valence-electron chi connectivity index (χ4n) is 6.71. The number of likely N-dealkylation sites (tertiary alicyclic amines) is 1. The van der Waals surface area contributed by atoms with Gasteiger partial charge in [0.25, 0.3) is 0 Å². The molecule has 2 aliphatic heterocycles. The van der Waals surface area contributed by atoms with Crippen LogP contribution >= 0.6 is 0 Å². The number of carbonyl (C=O) groups excluding carboxylic acids is 1. The molecule has 34 heavy (non-hydrogen) atoms. The molecule has 1 aromatic heterocycles. The molecule has 2 saturated heterocycles. The number of amides is 1. The summed E-state index contributed by atoms with van der Waals surface area (Å²) < 4.78 is 13.3. The Morgan fingerprint density at radius 2 is 1.97 bits per heavy atom. The molecule has 3 aliphatic rings. The van der Waals surface area contributed by atoms with Gasteiger partial charge in [-0.05, 0) is 87.0 Å². The van der Waals surface area contributed by atoms with Crippen molar-refractivity contribution in [2.45, 2.75) is 77.8 Å². The highest BCUT2D eigenvalue weighted by atomic mass is 16.5. The second kappa shape index (κ2) is 9.73. The Labute approximate surface area is 203 Å². The summed E-state index contributed by atoms with van der Waals surface area (Å²) in [4.78, 5) is 16.0. The lowest BCUT2D eigenvalue weighted by Gasteiger charge is -2.35. The maximum Gasteiger partial charge on any atom is 0.244 e. The van der Waals surface area contributed by atoms with Crippen LogP contribution in [0.5, 0.6) is 5.75 Å². The minimum absolute atomic E-state index is 0.0788. The highest BCUT2D eigenvalue weighted by molar-refractivity contribution is 5.77. The van der Waals surface area contributed by atoms with Crippen LogP contribution < -0.4 is 4.74 Å². The van der Waals surface area contributed by atoms with Crippen molar-refractivity contribution in [2.24, 2.45) is 11.8 Å². The van der Waals surface area contributed by atoms with Gasteiger partial charge in [-0.1, -0.05) is 19.1 Å². The van der Waals surface area contributed by atoms with E-state index < -0.39 is 0 Å². The zero-order valence-corrected chi connectivity index (χ0v) is 21.2. The van der Waals surface area contributed by atoms with Gasteiger partial charge in [0.15, 0.2) is 0 Å². The van der Waals surface area contributed by atoms with E-state index in [1.807, 2.05) is 10.7 Å². The third-order valence-corrected chi connectivity index (χ3v) is 8.68. The maximum atomic E-state index is 13.8. The fraction of sp³-hybridized carbons (Fsp3) is 0.643. The molecule has 0 spiro atoms. The zero-order chi connectivity index (χ0) is 23.8. The largest absolute Gasteiger partial charge is 0.496 e. The van der Waals surface area contributed by atoms with Crippen molar-refractivity contribution in [3.05, 3.63) is 46.3 Å². The van der Waals surface area contributed by atoms with Crippen LogP contribution in [-0.2, 0) is 22.5 Å². The Morgan fingerprint density at radius 1 is 1.18 bits per heavy atom. The van der Waals surface area contributed by atoms with E-state index in [9.17, 15) is 4.79 Å². The summed E-state index contributed by atoms with van der Waals surface area (Å²) in [6.45, 7) is 9.31. The van der Waals surface area contributed by atoms with Gasteiger partial charge in [-0.25, -0.2) is 0 Å². The van der Waals surface area contributed by atoms with Gasteiger partial charge in [0.05, 0.1) is 18.8 Å². The van der Waals surface area contributed by atoms with Crippen molar-refractivity contribution in [3.8, 4) is 5.75 Å². The van der Waals surface area contributed by atoms with E-state index in [2.05, 4.69) is 37.8 Å². The van der Waals surface area contributed by atoms with E-state index in [4.69, 9.17) is 14.6 Å². The molecule has 1 amide bonds. The lowest BCUT2D eigenvalue weighted by atomic mass is 9.78. The van der Waals surface area contributed by atoms with Crippen molar-refractivity contribution in [2.75, 3.05) is 26.9 Å². The molecule has 0 saturated carbocycles. The number of hydrogen-bond acceptors (Lipinski definition) is 4. The van der Waals surface area contributed by atoms with Crippen LogP contribution in [-0.4, -0.2) is 47.5 Å². The lowest BCUT2D eigenvalue weighted by molar-refractivity contribution is -0.133. The van der Waals surface area contributed by atoms with Crippen LogP contribution in [0.15, 0.2) is 18.2 Å². The van der Waals surface area contributed by atoms with Crippen LogP contribution in [0.2, 0.25) is 0 Å². The molecule has 2 fully saturated rings. The molecule has 0 radical (unpaired) electrons. The third-order valence-electron chi connectivity index (χ3n) is 8.68. The minimum Gasteiger partial charge on any atom is -0.496 e. The second-order valence-electron chi connectivity index (χ2n) is 10.5. The lowest BCUT2D eigenvalue weighted by Crippen LogP contribution is -2.37. The number of ether oxygens (including phenoxy) is 2. The van der Waals surface area contributed by atoms with E-state index in [0.717, 1.165) is 56.8 Å². The topological polar surface area (TPSA) is 56.6 Å². The predicted molar refractivity (Wildman–Crippen MR) is 132 cm³/mol. The summed E-state index contributed by atoms with van der Waals surface area (Å²) in [7, 11) is 1.73. The van der Waals surface area contributed by atoms with Gasteiger partial charge in [0.1, 0.15) is 12.3 Å². The molecule has 0 bridgehead atoms. The number of nitrogens with zero attached hydrogens (tertiary/aromatic N) is 3. The molecule has 3 atom stereocenters. The second-order valence-corrected chi connectivity index (χ2v) is 10.5. The van der Waals surface area contributed by atoms with E-state index in [-0.39, 0.29) is 11.9 Å². The monoisotopic (exact) mass is 465 g/mol. The average Bonchev–Trinajstić information content (AvgIpc) is 3.43. The SMILES string of the molecule is COc1cccc([C@@H]2[C@H](C3CCOCC3)CCN2C(=O)Cn2nc3c(c2C)CCC[C@@H]3C)c1C. The van der Waals surface area contributed by atoms with E-state index in [1.54, 1.807) is 7.11 Å². The first-order chi connectivity index (χ1) is 16.5. The Hall–Kier alpha value is -2.34. The fourth-order valence-corrected chi connectivity index (χ4v) is 6.71. The molecule has 2 aromatic rings. The van der Waals surface area contributed by atoms with Gasteiger partial charge >= 0.3 is 0 Å². The average molecular weight is 466 g/mol. The quantitative estimate of drug-likeness (QED) is 0.626. The van der Waals surface area contributed by atoms with Gasteiger partial charge in [-0.2, -0.15) is 5.10 Å². The molecule has 0 N–H and O–H groups in total. The summed E-state index contributed by atoms with van der Waals surface area (Å²) in [6.07, 6.45) is 6.69. The van der Waals surface area contributed by atoms with E-state index >= 15 is 0 Å². The Morgan fingerprint density at radius 3 is 2.71 bits per heavy atom. The highest BCUT2D eigenvalue weighted by Gasteiger charge is 2.43. The Bertz CT molecular complexity index is 1040. The number of hydrogen-bond donors (Lipinski definition) is 0. The molecule has 184 valence electrons. The van der Waals surface area contributed by atoms with Crippen LogP contribution in [0.3, 0.4) is 0 Å². The Kier molecular flexibility index (Phi) is 6.70. The summed E-state index contributed by atoms with van der Waals surface area (Å²) in [6, 6.07) is 6.36. The molecule has 6 nitrogen and oxygen atoms in total.